The van der Waals surface area contributed by atoms with Gasteiger partial charge >= 0.3 is 5.97 Å². The van der Waals surface area contributed by atoms with E-state index < -0.39 is 27.8 Å². The van der Waals surface area contributed by atoms with Crippen molar-refractivity contribution in [3.05, 3.63) is 45.3 Å². The van der Waals surface area contributed by atoms with Crippen molar-refractivity contribution in [1.82, 2.24) is 4.31 Å². The molecule has 0 atom stereocenters. The minimum atomic E-state index is -3.96. The molecule has 0 radical (unpaired) electrons. The zero-order valence-electron chi connectivity index (χ0n) is 17.4. The highest BCUT2D eigenvalue weighted by molar-refractivity contribution is 7.90. The van der Waals surface area contributed by atoms with E-state index in [9.17, 15) is 22.8 Å². The first-order chi connectivity index (χ1) is 14.7. The van der Waals surface area contributed by atoms with Crippen LogP contribution < -0.4 is 5.32 Å². The van der Waals surface area contributed by atoms with Gasteiger partial charge in [-0.2, -0.15) is 0 Å². The Kier molecular flexibility index (Phi) is 5.38. The Labute approximate surface area is 184 Å². The van der Waals surface area contributed by atoms with Crippen LogP contribution in [-0.2, 0) is 21.2 Å². The Hall–Kier alpha value is -2.72. The van der Waals surface area contributed by atoms with Gasteiger partial charge in [0, 0.05) is 16.5 Å². The molecule has 2 amide bonds. The number of aryl methyl sites for hydroxylation is 1. The molecule has 1 aromatic carbocycles. The van der Waals surface area contributed by atoms with E-state index in [1.807, 2.05) is 13.8 Å². The van der Waals surface area contributed by atoms with Crippen molar-refractivity contribution in [1.29, 1.82) is 0 Å². The van der Waals surface area contributed by atoms with Crippen LogP contribution in [0, 0.1) is 6.92 Å². The van der Waals surface area contributed by atoms with Crippen LogP contribution in [0.4, 0.5) is 5.00 Å². The zero-order valence-corrected chi connectivity index (χ0v) is 19.0. The van der Waals surface area contributed by atoms with Crippen LogP contribution in [0.2, 0.25) is 0 Å². The van der Waals surface area contributed by atoms with Crippen molar-refractivity contribution in [2.24, 2.45) is 0 Å². The van der Waals surface area contributed by atoms with Gasteiger partial charge in [0.25, 0.3) is 21.8 Å². The van der Waals surface area contributed by atoms with Gasteiger partial charge < -0.3 is 10.1 Å². The molecule has 4 rings (SSSR count). The summed E-state index contributed by atoms with van der Waals surface area (Å²) in [5.74, 6) is -1.62. The third-order valence-electron chi connectivity index (χ3n) is 5.36. The first kappa shape index (κ1) is 21.5. The second-order valence-electron chi connectivity index (χ2n) is 7.42. The van der Waals surface area contributed by atoms with Gasteiger partial charge in [-0.25, -0.2) is 17.5 Å². The van der Waals surface area contributed by atoms with Crippen LogP contribution in [-0.4, -0.2) is 43.2 Å². The fraction of sp³-hybridized carbons (Fsp3) is 0.381. The maximum atomic E-state index is 12.9. The zero-order chi connectivity index (χ0) is 22.5. The van der Waals surface area contributed by atoms with Crippen molar-refractivity contribution < 1.29 is 27.5 Å². The summed E-state index contributed by atoms with van der Waals surface area (Å²) in [7, 11) is -3.96. The predicted molar refractivity (Wildman–Crippen MR) is 115 cm³/mol. The summed E-state index contributed by atoms with van der Waals surface area (Å²) >= 11 is 1.27. The molecule has 1 fully saturated rings. The summed E-state index contributed by atoms with van der Waals surface area (Å²) in [6.07, 6.45) is 1.91. The Bertz CT molecular complexity index is 1210. The second-order valence-corrected chi connectivity index (χ2v) is 10.4. The highest BCUT2D eigenvalue weighted by Crippen LogP contribution is 2.40. The van der Waals surface area contributed by atoms with Crippen LogP contribution in [0.25, 0.3) is 0 Å². The molecule has 31 heavy (non-hydrogen) atoms. The predicted octanol–water partition coefficient (Wildman–Crippen LogP) is 3.35. The first-order valence-corrected chi connectivity index (χ1v) is 12.3. The maximum absolute atomic E-state index is 12.9. The van der Waals surface area contributed by atoms with Crippen LogP contribution >= 0.6 is 11.3 Å². The average Bonchev–Trinajstić information content (AvgIpc) is 3.46. The summed E-state index contributed by atoms with van der Waals surface area (Å²) < 4.78 is 31.7. The number of nitrogens with one attached hydrogen (secondary N) is 1. The van der Waals surface area contributed by atoms with E-state index in [0.29, 0.717) is 29.8 Å². The average molecular weight is 463 g/mol. The summed E-state index contributed by atoms with van der Waals surface area (Å²) in [6.45, 7) is 5.69. The number of ether oxygens (including phenoxy) is 1. The van der Waals surface area contributed by atoms with E-state index in [4.69, 9.17) is 4.74 Å². The molecule has 1 aliphatic carbocycles. The molecule has 1 saturated carbocycles. The molecule has 2 heterocycles. The lowest BCUT2D eigenvalue weighted by Gasteiger charge is -2.13. The molecule has 164 valence electrons. The highest BCUT2D eigenvalue weighted by atomic mass is 32.2. The highest BCUT2D eigenvalue weighted by Gasteiger charge is 2.48. The number of carbonyl (C=O) groups excluding carboxylic acids is 3. The molecule has 0 unspecified atom stereocenters. The lowest BCUT2D eigenvalue weighted by molar-refractivity contribution is 0.0526. The fourth-order valence-corrected chi connectivity index (χ4v) is 6.71. The SMILES string of the molecule is CCOC(=O)c1c(NC(=O)c2ccc3c(c2)S(=O)(=O)N(C2CC2)C3=O)sc(C)c1CC. The van der Waals surface area contributed by atoms with E-state index >= 15 is 0 Å². The Morgan fingerprint density at radius 3 is 2.58 bits per heavy atom. The standard InChI is InChI=1S/C21H22N2O6S2/c1-4-14-11(3)30-19(17(14)21(26)29-5-2)22-18(24)12-6-9-15-16(10-12)31(27,28)23(20(15)25)13-7-8-13/h6,9-10,13H,4-5,7-8H2,1-3H3,(H,22,24). The Morgan fingerprint density at radius 2 is 1.97 bits per heavy atom. The topological polar surface area (TPSA) is 110 Å². The second kappa shape index (κ2) is 7.76. The summed E-state index contributed by atoms with van der Waals surface area (Å²) in [5, 5.41) is 3.08. The Balaban J connectivity index is 1.67. The summed E-state index contributed by atoms with van der Waals surface area (Å²) in [4.78, 5) is 38.6. The summed E-state index contributed by atoms with van der Waals surface area (Å²) in [6, 6.07) is 3.72. The van der Waals surface area contributed by atoms with Gasteiger partial charge in [0.1, 0.15) is 9.90 Å². The van der Waals surface area contributed by atoms with E-state index in [1.165, 1.54) is 29.5 Å². The molecule has 1 aliphatic heterocycles. The van der Waals surface area contributed by atoms with Crippen LogP contribution in [0.5, 0.6) is 0 Å². The molecule has 1 aromatic heterocycles. The molecule has 0 bridgehead atoms. The van der Waals surface area contributed by atoms with Crippen LogP contribution in [0.15, 0.2) is 23.1 Å². The molecule has 10 heteroatoms. The molecule has 2 aliphatic rings. The minimum absolute atomic E-state index is 0.0795. The monoisotopic (exact) mass is 462 g/mol. The number of anilines is 1. The van der Waals surface area contributed by atoms with Crippen molar-refractivity contribution >= 4 is 44.1 Å². The summed E-state index contributed by atoms with van der Waals surface area (Å²) in [5.41, 5.74) is 1.30. The molecule has 1 N–H and O–H groups in total. The lowest BCUT2D eigenvalue weighted by atomic mass is 10.1. The van der Waals surface area contributed by atoms with E-state index in [-0.39, 0.29) is 28.7 Å². The van der Waals surface area contributed by atoms with E-state index in [1.54, 1.807) is 6.92 Å². The molecule has 8 nitrogen and oxygen atoms in total. The van der Waals surface area contributed by atoms with Crippen molar-refractivity contribution in [2.75, 3.05) is 11.9 Å². The van der Waals surface area contributed by atoms with E-state index in [2.05, 4.69) is 5.32 Å². The number of sulfonamides is 1. The Morgan fingerprint density at radius 1 is 1.26 bits per heavy atom. The number of rotatable bonds is 6. The largest absolute Gasteiger partial charge is 0.462 e. The first-order valence-electron chi connectivity index (χ1n) is 10.0. The van der Waals surface area contributed by atoms with Gasteiger partial charge in [0.15, 0.2) is 0 Å². The number of thiophene rings is 1. The van der Waals surface area contributed by atoms with Gasteiger partial charge in [0.05, 0.1) is 17.7 Å². The number of benzene rings is 1. The van der Waals surface area contributed by atoms with Gasteiger partial charge in [-0.1, -0.05) is 6.92 Å². The maximum Gasteiger partial charge on any atom is 0.341 e. The fourth-order valence-electron chi connectivity index (χ4n) is 3.75. The van der Waals surface area contributed by atoms with E-state index in [0.717, 1.165) is 14.7 Å². The quantitative estimate of drug-likeness (QED) is 0.659. The molecular formula is C21H22N2O6S2. The number of hydrogen-bond donors (Lipinski definition) is 1. The van der Waals surface area contributed by atoms with Crippen molar-refractivity contribution in [3.8, 4) is 0 Å². The normalized spacial score (nSPS) is 16.9. The lowest BCUT2D eigenvalue weighted by Crippen LogP contribution is -2.31. The van der Waals surface area contributed by atoms with Gasteiger partial charge in [-0.3, -0.25) is 9.59 Å². The minimum Gasteiger partial charge on any atom is -0.462 e. The molecule has 0 saturated heterocycles. The molecular weight excluding hydrogens is 440 g/mol. The molecule has 0 spiro atoms. The van der Waals surface area contributed by atoms with Gasteiger partial charge in [0.2, 0.25) is 0 Å². The van der Waals surface area contributed by atoms with Crippen molar-refractivity contribution in [2.45, 2.75) is 51.0 Å². The number of nitrogens with zero attached hydrogens (tertiary/aromatic N) is 1. The van der Waals surface area contributed by atoms with Crippen LogP contribution in [0.3, 0.4) is 0 Å². The van der Waals surface area contributed by atoms with Crippen molar-refractivity contribution in [3.63, 3.8) is 0 Å². The third kappa shape index (κ3) is 3.53. The number of amides is 2. The number of hydrogen-bond acceptors (Lipinski definition) is 7. The number of carbonyl (C=O) groups is 3. The van der Waals surface area contributed by atoms with Gasteiger partial charge in [-0.05, 0) is 56.9 Å². The van der Waals surface area contributed by atoms with Gasteiger partial charge in [-0.15, -0.1) is 11.3 Å². The smallest absolute Gasteiger partial charge is 0.341 e. The number of esters is 1. The third-order valence-corrected chi connectivity index (χ3v) is 8.30. The molecule has 2 aromatic rings. The van der Waals surface area contributed by atoms with Crippen LogP contribution in [0.1, 0.15) is 68.2 Å². The number of fused-ring (bicyclic) bond motifs is 1.